The van der Waals surface area contributed by atoms with E-state index in [0.29, 0.717) is 22.9 Å². The molecule has 0 aliphatic carbocycles. The highest BCUT2D eigenvalue weighted by molar-refractivity contribution is 6.31. The van der Waals surface area contributed by atoms with Crippen molar-refractivity contribution in [1.82, 2.24) is 0 Å². The van der Waals surface area contributed by atoms with Gasteiger partial charge >= 0.3 is 5.97 Å². The van der Waals surface area contributed by atoms with E-state index < -0.39 is 11.6 Å². The van der Waals surface area contributed by atoms with Gasteiger partial charge in [0.1, 0.15) is 12.3 Å². The Morgan fingerprint density at radius 2 is 1.92 bits per heavy atom. The number of carbonyl (C=O) groups is 2. The Kier molecular flexibility index (Phi) is 5.18. The molecule has 1 aliphatic rings. The number of ether oxygens (including phenoxy) is 2. The number of benzene rings is 2. The monoisotopic (exact) mass is 373 g/mol. The molecule has 0 saturated carbocycles. The first-order valence-electron chi connectivity index (χ1n) is 8.37. The van der Waals surface area contributed by atoms with E-state index in [0.717, 1.165) is 5.56 Å². The molecule has 1 heterocycles. The molecule has 0 spiro atoms. The normalized spacial score (nSPS) is 15.2. The standard InChI is InChI=1S/C20H20ClNO4/c1-20(2)19(24)22(16-12-15(21)8-9-17(16)26-20)13-18(23)25-11-10-14-6-4-3-5-7-14/h3-9,12H,10-11,13H2,1-2H3. The van der Waals surface area contributed by atoms with Crippen LogP contribution in [0, 0.1) is 0 Å². The van der Waals surface area contributed by atoms with Crippen molar-refractivity contribution in [3.05, 3.63) is 59.1 Å². The number of nitrogens with zero attached hydrogens (tertiary/aromatic N) is 1. The van der Waals surface area contributed by atoms with Crippen molar-refractivity contribution in [2.75, 3.05) is 18.1 Å². The second kappa shape index (κ2) is 7.38. The van der Waals surface area contributed by atoms with Gasteiger partial charge in [0.2, 0.25) is 0 Å². The van der Waals surface area contributed by atoms with Crippen LogP contribution < -0.4 is 9.64 Å². The Hall–Kier alpha value is -2.53. The Balaban J connectivity index is 1.68. The summed E-state index contributed by atoms with van der Waals surface area (Å²) in [5.41, 5.74) is 0.494. The summed E-state index contributed by atoms with van der Waals surface area (Å²) in [4.78, 5) is 26.3. The van der Waals surface area contributed by atoms with Gasteiger partial charge in [0.05, 0.1) is 12.3 Å². The van der Waals surface area contributed by atoms with Gasteiger partial charge in [0.25, 0.3) is 5.91 Å². The number of halogens is 1. The number of esters is 1. The van der Waals surface area contributed by atoms with E-state index in [1.807, 2.05) is 30.3 Å². The van der Waals surface area contributed by atoms with Gasteiger partial charge in [-0.05, 0) is 37.6 Å². The summed E-state index contributed by atoms with van der Waals surface area (Å²) < 4.78 is 11.0. The molecule has 1 amide bonds. The first kappa shape index (κ1) is 18.3. The average molecular weight is 374 g/mol. The van der Waals surface area contributed by atoms with Crippen LogP contribution in [0.25, 0.3) is 0 Å². The maximum Gasteiger partial charge on any atom is 0.326 e. The molecule has 5 nitrogen and oxygen atoms in total. The van der Waals surface area contributed by atoms with Crippen molar-refractivity contribution in [2.24, 2.45) is 0 Å². The molecule has 2 aromatic rings. The maximum atomic E-state index is 12.7. The summed E-state index contributed by atoms with van der Waals surface area (Å²) in [5, 5.41) is 0.460. The van der Waals surface area contributed by atoms with Gasteiger partial charge in [-0.15, -0.1) is 0 Å². The predicted octanol–water partition coefficient (Wildman–Crippen LogP) is 3.63. The molecule has 2 aromatic carbocycles. The topological polar surface area (TPSA) is 55.8 Å². The van der Waals surface area contributed by atoms with Crippen LogP contribution in [0.2, 0.25) is 5.02 Å². The molecule has 136 valence electrons. The number of carbonyl (C=O) groups excluding carboxylic acids is 2. The Bertz CT molecular complexity index is 820. The second-order valence-electron chi connectivity index (χ2n) is 6.57. The lowest BCUT2D eigenvalue weighted by Gasteiger charge is -2.38. The quantitative estimate of drug-likeness (QED) is 0.751. The molecule has 0 bridgehead atoms. The average Bonchev–Trinajstić information content (AvgIpc) is 2.60. The zero-order chi connectivity index (χ0) is 18.7. The third-order valence-electron chi connectivity index (χ3n) is 4.12. The summed E-state index contributed by atoms with van der Waals surface area (Å²) in [6, 6.07) is 14.7. The van der Waals surface area contributed by atoms with Crippen LogP contribution in [0.3, 0.4) is 0 Å². The van der Waals surface area contributed by atoms with Crippen molar-refractivity contribution in [3.8, 4) is 5.75 Å². The number of hydrogen-bond donors (Lipinski definition) is 0. The van der Waals surface area contributed by atoms with E-state index in [1.54, 1.807) is 32.0 Å². The number of rotatable bonds is 5. The van der Waals surface area contributed by atoms with Crippen LogP contribution in [-0.4, -0.2) is 30.6 Å². The SMILES string of the molecule is CC1(C)Oc2ccc(Cl)cc2N(CC(=O)OCCc2ccccc2)C1=O. The highest BCUT2D eigenvalue weighted by atomic mass is 35.5. The lowest BCUT2D eigenvalue weighted by molar-refractivity contribution is -0.144. The fourth-order valence-electron chi connectivity index (χ4n) is 2.80. The second-order valence-corrected chi connectivity index (χ2v) is 7.01. The van der Waals surface area contributed by atoms with Crippen LogP contribution in [0.5, 0.6) is 5.75 Å². The van der Waals surface area contributed by atoms with Gasteiger partial charge in [-0.1, -0.05) is 41.9 Å². The Morgan fingerprint density at radius 1 is 1.19 bits per heavy atom. The summed E-state index contributed by atoms with van der Waals surface area (Å²) in [5.74, 6) is -0.277. The number of amides is 1. The minimum absolute atomic E-state index is 0.187. The highest BCUT2D eigenvalue weighted by Gasteiger charge is 2.41. The van der Waals surface area contributed by atoms with Gasteiger partial charge in [-0.3, -0.25) is 14.5 Å². The lowest BCUT2D eigenvalue weighted by atomic mass is 10.0. The Morgan fingerprint density at radius 3 is 2.65 bits per heavy atom. The predicted molar refractivity (Wildman–Crippen MR) is 99.6 cm³/mol. The summed E-state index contributed by atoms with van der Waals surface area (Å²) in [7, 11) is 0. The minimum atomic E-state index is -1.06. The maximum absolute atomic E-state index is 12.7. The van der Waals surface area contributed by atoms with E-state index in [2.05, 4.69) is 0 Å². The van der Waals surface area contributed by atoms with E-state index in [9.17, 15) is 9.59 Å². The number of fused-ring (bicyclic) bond motifs is 1. The van der Waals surface area contributed by atoms with Crippen molar-refractivity contribution >= 4 is 29.2 Å². The van der Waals surface area contributed by atoms with Crippen LogP contribution >= 0.6 is 11.6 Å². The van der Waals surface area contributed by atoms with Crippen molar-refractivity contribution in [1.29, 1.82) is 0 Å². The molecule has 0 unspecified atom stereocenters. The molecule has 0 saturated heterocycles. The lowest BCUT2D eigenvalue weighted by Crippen LogP contribution is -2.54. The summed E-state index contributed by atoms with van der Waals surface area (Å²) >= 11 is 6.04. The van der Waals surface area contributed by atoms with Crippen LogP contribution in [0.4, 0.5) is 5.69 Å². The van der Waals surface area contributed by atoms with E-state index >= 15 is 0 Å². The molecule has 0 fully saturated rings. The van der Waals surface area contributed by atoms with Gasteiger partial charge in [-0.25, -0.2) is 0 Å². The largest absolute Gasteiger partial charge is 0.476 e. The zero-order valence-corrected chi connectivity index (χ0v) is 15.5. The van der Waals surface area contributed by atoms with Crippen molar-refractivity contribution < 1.29 is 19.1 Å². The van der Waals surface area contributed by atoms with Gasteiger partial charge in [0, 0.05) is 11.4 Å². The molecule has 0 N–H and O–H groups in total. The van der Waals surface area contributed by atoms with Crippen LogP contribution in [-0.2, 0) is 20.7 Å². The highest BCUT2D eigenvalue weighted by Crippen LogP contribution is 2.39. The fourth-order valence-corrected chi connectivity index (χ4v) is 2.97. The molecule has 6 heteroatoms. The molecular weight excluding hydrogens is 354 g/mol. The summed E-state index contributed by atoms with van der Waals surface area (Å²) in [6.45, 7) is 3.40. The van der Waals surface area contributed by atoms with Crippen molar-refractivity contribution in [2.45, 2.75) is 25.9 Å². The first-order valence-corrected chi connectivity index (χ1v) is 8.75. The molecule has 1 aliphatic heterocycles. The minimum Gasteiger partial charge on any atom is -0.476 e. The van der Waals surface area contributed by atoms with E-state index in [1.165, 1.54) is 4.90 Å². The van der Waals surface area contributed by atoms with Gasteiger partial charge in [-0.2, -0.15) is 0 Å². The molecule has 3 rings (SSSR count). The third-order valence-corrected chi connectivity index (χ3v) is 4.36. The van der Waals surface area contributed by atoms with Crippen LogP contribution in [0.15, 0.2) is 48.5 Å². The van der Waals surface area contributed by atoms with Crippen LogP contribution in [0.1, 0.15) is 19.4 Å². The number of anilines is 1. The smallest absolute Gasteiger partial charge is 0.326 e. The zero-order valence-electron chi connectivity index (χ0n) is 14.7. The first-order chi connectivity index (χ1) is 12.4. The third kappa shape index (κ3) is 3.99. The van der Waals surface area contributed by atoms with Gasteiger partial charge in [0.15, 0.2) is 5.60 Å². The molecule has 0 aromatic heterocycles. The van der Waals surface area contributed by atoms with Crippen molar-refractivity contribution in [3.63, 3.8) is 0 Å². The van der Waals surface area contributed by atoms with E-state index in [-0.39, 0.29) is 19.1 Å². The Labute approximate surface area is 157 Å². The number of hydrogen-bond acceptors (Lipinski definition) is 4. The summed E-state index contributed by atoms with van der Waals surface area (Å²) in [6.07, 6.45) is 0.623. The molecule has 0 atom stereocenters. The molecular formula is C20H20ClNO4. The molecule has 26 heavy (non-hydrogen) atoms. The van der Waals surface area contributed by atoms with Gasteiger partial charge < -0.3 is 9.47 Å². The fraction of sp³-hybridized carbons (Fsp3) is 0.300. The molecule has 0 radical (unpaired) electrons. The van der Waals surface area contributed by atoms with E-state index in [4.69, 9.17) is 21.1 Å².